The van der Waals surface area contributed by atoms with E-state index >= 15 is 0 Å². The fourth-order valence-electron chi connectivity index (χ4n) is 2.58. The van der Waals surface area contributed by atoms with Crippen LogP contribution in [0.5, 0.6) is 5.75 Å². The van der Waals surface area contributed by atoms with Crippen LogP contribution in [0, 0.1) is 0 Å². The van der Waals surface area contributed by atoms with E-state index in [1.165, 1.54) is 0 Å². The summed E-state index contributed by atoms with van der Waals surface area (Å²) in [5.74, 6) is 1.88. The van der Waals surface area contributed by atoms with Crippen LogP contribution in [0.4, 0.5) is 10.6 Å². The number of pyridine rings is 1. The second-order valence-corrected chi connectivity index (χ2v) is 4.89. The highest BCUT2D eigenvalue weighted by Crippen LogP contribution is 2.36. The number of nitrogens with one attached hydrogen (secondary N) is 1. The number of furan rings is 1. The molecule has 3 aromatic rings. The Kier molecular flexibility index (Phi) is 2.75. The molecule has 1 amide bonds. The number of anilines is 1. The Hall–Kier alpha value is -3.02. The summed E-state index contributed by atoms with van der Waals surface area (Å²) >= 11 is 0. The molecule has 6 heteroatoms. The zero-order chi connectivity index (χ0) is 15.1. The van der Waals surface area contributed by atoms with Gasteiger partial charge in [0.2, 0.25) is 0 Å². The Morgan fingerprint density at radius 3 is 3.00 bits per heavy atom. The second-order valence-electron chi connectivity index (χ2n) is 4.89. The fraction of sp³-hybridized carbons (Fsp3) is 0.125. The molecule has 2 aromatic heterocycles. The molecule has 0 radical (unpaired) electrons. The first-order chi connectivity index (χ1) is 10.8. The second kappa shape index (κ2) is 4.77. The first-order valence-electron chi connectivity index (χ1n) is 6.74. The number of fused-ring (bicyclic) bond motifs is 2. The highest BCUT2D eigenvalue weighted by atomic mass is 16.5. The van der Waals surface area contributed by atoms with Crippen molar-refractivity contribution in [3.8, 4) is 17.1 Å². The monoisotopic (exact) mass is 296 g/mol. The van der Waals surface area contributed by atoms with Crippen LogP contribution < -0.4 is 10.1 Å². The van der Waals surface area contributed by atoms with Gasteiger partial charge < -0.3 is 13.9 Å². The minimum Gasteiger partial charge on any atom is -0.494 e. The number of hydrogen-bond acceptors (Lipinski definition) is 5. The van der Waals surface area contributed by atoms with Gasteiger partial charge in [0, 0.05) is 16.5 Å². The number of carbonyl (C=O) groups excluding carboxylic acids is 1. The number of nitrogens with zero attached hydrogens (tertiary/aromatic N) is 1. The van der Waals surface area contributed by atoms with Crippen molar-refractivity contribution in [2.24, 2.45) is 0 Å². The van der Waals surface area contributed by atoms with Crippen molar-refractivity contribution in [1.82, 2.24) is 4.98 Å². The minimum absolute atomic E-state index is 0.193. The van der Waals surface area contributed by atoms with Crippen molar-refractivity contribution in [2.45, 2.75) is 6.61 Å². The maximum absolute atomic E-state index is 11.4. The normalized spacial score (nSPS) is 13.4. The number of hydrogen-bond donors (Lipinski definition) is 1. The molecule has 6 nitrogen and oxygen atoms in total. The van der Waals surface area contributed by atoms with Crippen molar-refractivity contribution >= 4 is 22.8 Å². The summed E-state index contributed by atoms with van der Waals surface area (Å²) in [6.45, 7) is 0.193. The van der Waals surface area contributed by atoms with Gasteiger partial charge in [-0.1, -0.05) is 0 Å². The zero-order valence-corrected chi connectivity index (χ0v) is 11.8. The Balaban J connectivity index is 2.02. The molecule has 1 aliphatic rings. The number of ether oxygens (including phenoxy) is 2. The third-order valence-electron chi connectivity index (χ3n) is 3.61. The molecule has 0 bridgehead atoms. The Morgan fingerprint density at radius 1 is 1.32 bits per heavy atom. The van der Waals surface area contributed by atoms with Gasteiger partial charge in [-0.25, -0.2) is 9.78 Å². The third kappa shape index (κ3) is 1.88. The van der Waals surface area contributed by atoms with Crippen molar-refractivity contribution < 1.29 is 18.7 Å². The van der Waals surface area contributed by atoms with Gasteiger partial charge in [-0.05, 0) is 30.3 Å². The molecule has 0 saturated heterocycles. The van der Waals surface area contributed by atoms with Gasteiger partial charge in [-0.2, -0.15) is 0 Å². The third-order valence-corrected chi connectivity index (χ3v) is 3.61. The lowest BCUT2D eigenvalue weighted by Crippen LogP contribution is -2.21. The largest absolute Gasteiger partial charge is 0.494 e. The first kappa shape index (κ1) is 12.7. The molecule has 0 atom stereocenters. The lowest BCUT2D eigenvalue weighted by atomic mass is 10.0. The number of methoxy groups -OCH3 is 1. The predicted molar refractivity (Wildman–Crippen MR) is 79.8 cm³/mol. The van der Waals surface area contributed by atoms with Gasteiger partial charge in [0.1, 0.15) is 29.5 Å². The molecule has 0 fully saturated rings. The van der Waals surface area contributed by atoms with E-state index in [1.54, 1.807) is 13.4 Å². The van der Waals surface area contributed by atoms with Gasteiger partial charge in [0.25, 0.3) is 0 Å². The van der Waals surface area contributed by atoms with Crippen molar-refractivity contribution in [2.75, 3.05) is 12.4 Å². The summed E-state index contributed by atoms with van der Waals surface area (Å²) < 4.78 is 15.9. The van der Waals surface area contributed by atoms with Gasteiger partial charge >= 0.3 is 6.09 Å². The van der Waals surface area contributed by atoms with E-state index in [2.05, 4.69) is 10.3 Å². The van der Waals surface area contributed by atoms with Crippen LogP contribution in [0.3, 0.4) is 0 Å². The summed E-state index contributed by atoms with van der Waals surface area (Å²) in [5, 5.41) is 3.49. The van der Waals surface area contributed by atoms with Crippen LogP contribution in [-0.4, -0.2) is 18.2 Å². The highest BCUT2D eigenvalue weighted by Gasteiger charge is 2.21. The van der Waals surface area contributed by atoms with E-state index in [0.29, 0.717) is 17.1 Å². The molecule has 1 aromatic carbocycles. The minimum atomic E-state index is -0.500. The topological polar surface area (TPSA) is 73.6 Å². The molecule has 1 aliphatic heterocycles. The highest BCUT2D eigenvalue weighted by molar-refractivity contribution is 5.99. The maximum Gasteiger partial charge on any atom is 0.413 e. The Morgan fingerprint density at radius 2 is 2.23 bits per heavy atom. The number of benzene rings is 1. The first-order valence-corrected chi connectivity index (χ1v) is 6.74. The standard InChI is InChI=1S/C16H12N2O4/c1-20-13-5-4-10(12-3-2-6-21-12)11-7-9-8-22-16(19)18-15(9)17-14(11)13/h2-7H,8H2,1H3,(H,17,18,19). The lowest BCUT2D eigenvalue weighted by Gasteiger charge is -2.18. The van der Waals surface area contributed by atoms with Crippen molar-refractivity contribution in [1.29, 1.82) is 0 Å². The van der Waals surface area contributed by atoms with Crippen LogP contribution in [0.1, 0.15) is 5.56 Å². The molecule has 110 valence electrons. The molecule has 0 spiro atoms. The van der Waals surface area contributed by atoms with Crippen LogP contribution in [0.15, 0.2) is 41.0 Å². The molecule has 3 heterocycles. The molecule has 0 aliphatic carbocycles. The van der Waals surface area contributed by atoms with Crippen LogP contribution >= 0.6 is 0 Å². The molecule has 4 rings (SSSR count). The lowest BCUT2D eigenvalue weighted by molar-refractivity contribution is 0.151. The van der Waals surface area contributed by atoms with E-state index in [9.17, 15) is 4.79 Å². The van der Waals surface area contributed by atoms with E-state index in [0.717, 1.165) is 22.3 Å². The van der Waals surface area contributed by atoms with Gasteiger partial charge in [-0.3, -0.25) is 5.32 Å². The predicted octanol–water partition coefficient (Wildman–Crippen LogP) is 3.57. The smallest absolute Gasteiger partial charge is 0.413 e. The number of amides is 1. The van der Waals surface area contributed by atoms with Gasteiger partial charge in [0.05, 0.1) is 13.4 Å². The number of carbonyl (C=O) groups is 1. The quantitative estimate of drug-likeness (QED) is 0.782. The van der Waals surface area contributed by atoms with E-state index in [-0.39, 0.29) is 6.61 Å². The Bertz CT molecular complexity index is 871. The average molecular weight is 296 g/mol. The molecule has 0 saturated carbocycles. The van der Waals surface area contributed by atoms with Gasteiger partial charge in [0.15, 0.2) is 0 Å². The van der Waals surface area contributed by atoms with E-state index in [1.807, 2.05) is 30.3 Å². The number of cyclic esters (lactones) is 1. The van der Waals surface area contributed by atoms with Crippen molar-refractivity contribution in [3.05, 3.63) is 42.2 Å². The van der Waals surface area contributed by atoms with E-state index in [4.69, 9.17) is 13.9 Å². The molecule has 22 heavy (non-hydrogen) atoms. The summed E-state index contributed by atoms with van der Waals surface area (Å²) in [5.41, 5.74) is 2.39. The molecular weight excluding hydrogens is 284 g/mol. The van der Waals surface area contributed by atoms with E-state index < -0.39 is 6.09 Å². The fourth-order valence-corrected chi connectivity index (χ4v) is 2.58. The van der Waals surface area contributed by atoms with Gasteiger partial charge in [-0.15, -0.1) is 0 Å². The summed E-state index contributed by atoms with van der Waals surface area (Å²) in [7, 11) is 1.59. The van der Waals surface area contributed by atoms with Crippen LogP contribution in [0.25, 0.3) is 22.2 Å². The number of rotatable bonds is 2. The molecule has 0 unspecified atom stereocenters. The number of aromatic nitrogens is 1. The van der Waals surface area contributed by atoms with Crippen LogP contribution in [-0.2, 0) is 11.3 Å². The summed E-state index contributed by atoms with van der Waals surface area (Å²) in [6, 6.07) is 9.42. The Labute approximate surface area is 125 Å². The SMILES string of the molecule is COc1ccc(-c2ccco2)c2cc3c(nc12)NC(=O)OC3. The average Bonchev–Trinajstić information content (AvgIpc) is 3.06. The maximum atomic E-state index is 11.4. The summed E-state index contributed by atoms with van der Waals surface area (Å²) in [6.07, 6.45) is 1.13. The molecular formula is C16H12N2O4. The van der Waals surface area contributed by atoms with Crippen molar-refractivity contribution in [3.63, 3.8) is 0 Å². The molecule has 1 N–H and O–H groups in total. The van der Waals surface area contributed by atoms with Crippen LogP contribution in [0.2, 0.25) is 0 Å². The zero-order valence-electron chi connectivity index (χ0n) is 11.8. The summed E-state index contributed by atoms with van der Waals surface area (Å²) in [4.78, 5) is 15.9.